The molecule has 3 aromatic carbocycles. The van der Waals surface area contributed by atoms with Crippen LogP contribution in [0.2, 0.25) is 5.02 Å². The zero-order chi connectivity index (χ0) is 20.4. The van der Waals surface area contributed by atoms with Crippen LogP contribution in [0.3, 0.4) is 0 Å². The summed E-state index contributed by atoms with van der Waals surface area (Å²) in [5.41, 5.74) is 3.33. The molecule has 0 aliphatic carbocycles. The Morgan fingerprint density at radius 2 is 1.62 bits per heavy atom. The van der Waals surface area contributed by atoms with Crippen LogP contribution in [-0.4, -0.2) is 7.11 Å². The maximum atomic E-state index is 12.7. The van der Waals surface area contributed by atoms with Gasteiger partial charge in [0.1, 0.15) is 23.7 Å². The minimum Gasteiger partial charge on any atom is -0.497 e. The first-order valence-electron chi connectivity index (χ1n) is 9.14. The summed E-state index contributed by atoms with van der Waals surface area (Å²) in [6.45, 7) is 2.32. The van der Waals surface area contributed by atoms with E-state index in [-0.39, 0.29) is 5.63 Å². The van der Waals surface area contributed by atoms with E-state index < -0.39 is 0 Å². The minimum absolute atomic E-state index is 0.380. The summed E-state index contributed by atoms with van der Waals surface area (Å²) in [4.78, 5) is 12.7. The van der Waals surface area contributed by atoms with Crippen molar-refractivity contribution >= 4 is 22.6 Å². The van der Waals surface area contributed by atoms with Crippen LogP contribution in [0.15, 0.2) is 75.9 Å². The molecule has 0 spiro atoms. The van der Waals surface area contributed by atoms with Crippen molar-refractivity contribution in [3.05, 3.63) is 93.3 Å². The first-order chi connectivity index (χ1) is 14.0. The topological polar surface area (TPSA) is 48.7 Å². The Hall–Kier alpha value is -3.24. The smallest absolute Gasteiger partial charge is 0.344 e. The molecule has 0 amide bonds. The van der Waals surface area contributed by atoms with E-state index in [1.165, 1.54) is 0 Å². The van der Waals surface area contributed by atoms with Crippen LogP contribution in [0.4, 0.5) is 0 Å². The molecule has 0 bridgehead atoms. The van der Waals surface area contributed by atoms with E-state index in [0.29, 0.717) is 28.5 Å². The molecule has 1 heterocycles. The van der Waals surface area contributed by atoms with Gasteiger partial charge in [0.25, 0.3) is 0 Å². The predicted molar refractivity (Wildman–Crippen MR) is 115 cm³/mol. The van der Waals surface area contributed by atoms with Gasteiger partial charge in [-0.05, 0) is 60.0 Å². The highest BCUT2D eigenvalue weighted by atomic mass is 35.5. The summed E-state index contributed by atoms with van der Waals surface area (Å²) in [7, 11) is 1.61. The molecule has 0 aliphatic rings. The van der Waals surface area contributed by atoms with Gasteiger partial charge >= 0.3 is 5.63 Å². The highest BCUT2D eigenvalue weighted by molar-refractivity contribution is 6.30. The number of hydrogen-bond acceptors (Lipinski definition) is 4. The Balaban J connectivity index is 1.65. The van der Waals surface area contributed by atoms with Gasteiger partial charge in [-0.25, -0.2) is 4.79 Å². The summed E-state index contributed by atoms with van der Waals surface area (Å²) in [6, 6.07) is 20.4. The monoisotopic (exact) mass is 406 g/mol. The van der Waals surface area contributed by atoms with E-state index in [1.807, 2.05) is 67.6 Å². The summed E-state index contributed by atoms with van der Waals surface area (Å²) in [6.07, 6.45) is 0. The molecule has 1 aromatic heterocycles. The van der Waals surface area contributed by atoms with Gasteiger partial charge in [0.05, 0.1) is 12.7 Å². The number of ether oxygens (including phenoxy) is 2. The molecule has 0 N–H and O–H groups in total. The second kappa shape index (κ2) is 8.02. The molecule has 0 fully saturated rings. The van der Waals surface area contributed by atoms with E-state index in [2.05, 4.69) is 0 Å². The highest BCUT2D eigenvalue weighted by Crippen LogP contribution is 2.30. The molecule has 4 rings (SSSR count). The summed E-state index contributed by atoms with van der Waals surface area (Å²) < 4.78 is 16.6. The van der Waals surface area contributed by atoms with E-state index in [0.717, 1.165) is 27.8 Å². The van der Waals surface area contributed by atoms with Crippen LogP contribution in [0.25, 0.3) is 22.1 Å². The van der Waals surface area contributed by atoms with Crippen LogP contribution >= 0.6 is 11.6 Å². The van der Waals surface area contributed by atoms with Gasteiger partial charge in [0.2, 0.25) is 0 Å². The van der Waals surface area contributed by atoms with Crippen molar-refractivity contribution in [3.63, 3.8) is 0 Å². The lowest BCUT2D eigenvalue weighted by Gasteiger charge is -2.11. The molecule has 29 heavy (non-hydrogen) atoms. The molecule has 0 saturated heterocycles. The Morgan fingerprint density at radius 1 is 0.931 bits per heavy atom. The predicted octanol–water partition coefficient (Wildman–Crippen LogP) is 6.01. The first-order valence-corrected chi connectivity index (χ1v) is 9.52. The van der Waals surface area contributed by atoms with Crippen molar-refractivity contribution in [3.8, 4) is 22.6 Å². The molecular formula is C24H19ClO4. The van der Waals surface area contributed by atoms with Crippen molar-refractivity contribution in [1.82, 2.24) is 0 Å². The fraction of sp³-hybridized carbons (Fsp3) is 0.125. The lowest BCUT2D eigenvalue weighted by Crippen LogP contribution is -2.06. The number of halogens is 1. The molecular weight excluding hydrogens is 388 g/mol. The van der Waals surface area contributed by atoms with Gasteiger partial charge in [-0.15, -0.1) is 0 Å². The first kappa shape index (κ1) is 19.1. The number of rotatable bonds is 5. The maximum absolute atomic E-state index is 12.7. The lowest BCUT2D eigenvalue weighted by atomic mass is 9.99. The van der Waals surface area contributed by atoms with Crippen molar-refractivity contribution in [2.24, 2.45) is 0 Å². The summed E-state index contributed by atoms with van der Waals surface area (Å²) >= 11 is 5.91. The number of methoxy groups -OCH3 is 1. The van der Waals surface area contributed by atoms with Gasteiger partial charge in [0.15, 0.2) is 0 Å². The fourth-order valence-electron chi connectivity index (χ4n) is 3.26. The van der Waals surface area contributed by atoms with Crippen molar-refractivity contribution in [2.75, 3.05) is 7.11 Å². The zero-order valence-electron chi connectivity index (χ0n) is 16.1. The molecule has 0 aliphatic heterocycles. The van der Waals surface area contributed by atoms with Crippen LogP contribution in [0.1, 0.15) is 11.1 Å². The Morgan fingerprint density at radius 3 is 2.31 bits per heavy atom. The SMILES string of the molecule is COc1ccc(-c2c(C)c3ccc(OCc4ccc(Cl)cc4)cc3oc2=O)cc1. The maximum Gasteiger partial charge on any atom is 0.344 e. The molecule has 0 unspecified atom stereocenters. The molecule has 0 radical (unpaired) electrons. The molecule has 5 heteroatoms. The van der Waals surface area contributed by atoms with Gasteiger partial charge in [-0.3, -0.25) is 0 Å². The third kappa shape index (κ3) is 3.98. The lowest BCUT2D eigenvalue weighted by molar-refractivity contribution is 0.306. The summed E-state index contributed by atoms with van der Waals surface area (Å²) in [5.74, 6) is 1.37. The second-order valence-electron chi connectivity index (χ2n) is 6.69. The van der Waals surface area contributed by atoms with Crippen LogP contribution < -0.4 is 15.1 Å². The second-order valence-corrected chi connectivity index (χ2v) is 7.13. The molecule has 4 aromatic rings. The third-order valence-corrected chi connectivity index (χ3v) is 5.09. The molecule has 0 atom stereocenters. The molecule has 146 valence electrons. The van der Waals surface area contributed by atoms with Gasteiger partial charge in [0, 0.05) is 16.5 Å². The van der Waals surface area contributed by atoms with Crippen molar-refractivity contribution < 1.29 is 13.9 Å². The average molecular weight is 407 g/mol. The van der Waals surface area contributed by atoms with Crippen LogP contribution in [0, 0.1) is 6.92 Å². The molecule has 4 nitrogen and oxygen atoms in total. The van der Waals surface area contributed by atoms with E-state index in [1.54, 1.807) is 13.2 Å². The van der Waals surface area contributed by atoms with Crippen molar-refractivity contribution in [2.45, 2.75) is 13.5 Å². The number of aryl methyl sites for hydroxylation is 1. The molecule has 0 saturated carbocycles. The minimum atomic E-state index is -0.380. The van der Waals surface area contributed by atoms with Crippen LogP contribution in [0.5, 0.6) is 11.5 Å². The van der Waals surface area contributed by atoms with Gasteiger partial charge < -0.3 is 13.9 Å². The average Bonchev–Trinajstić information content (AvgIpc) is 2.73. The van der Waals surface area contributed by atoms with E-state index in [4.69, 9.17) is 25.5 Å². The van der Waals surface area contributed by atoms with Crippen LogP contribution in [-0.2, 0) is 6.61 Å². The summed E-state index contributed by atoms with van der Waals surface area (Å²) in [5, 5.41) is 1.55. The number of benzene rings is 3. The zero-order valence-corrected chi connectivity index (χ0v) is 16.8. The Labute approximate surface area is 173 Å². The third-order valence-electron chi connectivity index (χ3n) is 4.84. The standard InChI is InChI=1S/C24H19ClO4/c1-15-21-12-11-20(28-14-16-3-7-18(25)8-4-16)13-22(21)29-24(26)23(15)17-5-9-19(27-2)10-6-17/h3-13H,14H2,1-2H3. The normalized spacial score (nSPS) is 10.9. The quantitative estimate of drug-likeness (QED) is 0.381. The number of fused-ring (bicyclic) bond motifs is 1. The largest absolute Gasteiger partial charge is 0.497 e. The van der Waals surface area contributed by atoms with Crippen molar-refractivity contribution in [1.29, 1.82) is 0 Å². The Kier molecular flexibility index (Phi) is 5.28. The highest BCUT2D eigenvalue weighted by Gasteiger charge is 2.14. The van der Waals surface area contributed by atoms with Gasteiger partial charge in [-0.1, -0.05) is 35.9 Å². The Bertz CT molecular complexity index is 1210. The fourth-order valence-corrected chi connectivity index (χ4v) is 3.39. The number of hydrogen-bond donors (Lipinski definition) is 0. The van der Waals surface area contributed by atoms with Gasteiger partial charge in [-0.2, -0.15) is 0 Å². The van der Waals surface area contributed by atoms with E-state index >= 15 is 0 Å². The van der Waals surface area contributed by atoms with E-state index in [9.17, 15) is 4.79 Å².